The zero-order chi connectivity index (χ0) is 18.4. The lowest BCUT2D eigenvalue weighted by molar-refractivity contribution is 0.671. The Hall–Kier alpha value is -2.53. The van der Waals surface area contributed by atoms with Gasteiger partial charge < -0.3 is 4.98 Å². The van der Waals surface area contributed by atoms with Gasteiger partial charge in [-0.25, -0.2) is 4.79 Å². The number of rotatable bonds is 7. The van der Waals surface area contributed by atoms with Gasteiger partial charge >= 0.3 is 5.69 Å². The van der Waals surface area contributed by atoms with Crippen molar-refractivity contribution in [2.24, 2.45) is 0 Å². The average Bonchev–Trinajstić information content (AvgIpc) is 2.68. The van der Waals surface area contributed by atoms with E-state index in [1.165, 1.54) is 10.1 Å². The van der Waals surface area contributed by atoms with Gasteiger partial charge in [0.25, 0.3) is 5.56 Å². The van der Waals surface area contributed by atoms with Crippen molar-refractivity contribution >= 4 is 11.8 Å². The minimum Gasteiger partial charge on any atom is -0.301 e. The van der Waals surface area contributed by atoms with Gasteiger partial charge in [0.1, 0.15) is 0 Å². The van der Waals surface area contributed by atoms with E-state index in [1.807, 2.05) is 48.5 Å². The Bertz CT molecular complexity index is 963. The molecule has 0 bridgehead atoms. The number of hydrogen-bond donors (Lipinski definition) is 1. The fraction of sp³-hybridized carbons (Fsp3) is 0.238. The summed E-state index contributed by atoms with van der Waals surface area (Å²) in [4.78, 5) is 27.8. The van der Waals surface area contributed by atoms with Gasteiger partial charge in [-0.1, -0.05) is 60.7 Å². The summed E-state index contributed by atoms with van der Waals surface area (Å²) in [6.45, 7) is 2.06. The van der Waals surface area contributed by atoms with Gasteiger partial charge in [-0.05, 0) is 36.6 Å². The molecule has 1 N–H and O–H groups in total. The molecule has 26 heavy (non-hydrogen) atoms. The van der Waals surface area contributed by atoms with Crippen LogP contribution in [0.1, 0.15) is 23.1 Å². The third-order valence-corrected chi connectivity index (χ3v) is 5.44. The SMILES string of the molecule is Cc1c(SCCCc2ccccc2)[nH]c(=O)n(Cc2ccccc2)c1=O. The summed E-state index contributed by atoms with van der Waals surface area (Å²) in [6, 6.07) is 19.9. The Balaban J connectivity index is 1.67. The second-order valence-corrected chi connectivity index (χ2v) is 7.30. The maximum absolute atomic E-state index is 12.6. The minimum atomic E-state index is -0.352. The number of nitrogens with zero attached hydrogens (tertiary/aromatic N) is 1. The Morgan fingerprint density at radius 2 is 1.54 bits per heavy atom. The van der Waals surface area contributed by atoms with Gasteiger partial charge in [-0.3, -0.25) is 9.36 Å². The fourth-order valence-corrected chi connectivity index (χ4v) is 3.76. The normalized spacial score (nSPS) is 10.8. The molecular formula is C21H22N2O2S. The molecule has 0 unspecified atom stereocenters. The third kappa shape index (κ3) is 4.55. The Labute approximate surface area is 156 Å². The quantitative estimate of drug-likeness (QED) is 0.395. The average molecular weight is 366 g/mol. The van der Waals surface area contributed by atoms with Gasteiger partial charge in [0, 0.05) is 5.56 Å². The van der Waals surface area contributed by atoms with Crippen LogP contribution >= 0.6 is 11.8 Å². The van der Waals surface area contributed by atoms with Gasteiger partial charge in [0.2, 0.25) is 0 Å². The van der Waals surface area contributed by atoms with Crippen LogP contribution in [0.4, 0.5) is 0 Å². The molecule has 3 aromatic rings. The highest BCUT2D eigenvalue weighted by Crippen LogP contribution is 2.18. The van der Waals surface area contributed by atoms with E-state index in [-0.39, 0.29) is 17.8 Å². The molecule has 0 aliphatic rings. The van der Waals surface area contributed by atoms with Crippen LogP contribution in [0.3, 0.4) is 0 Å². The summed E-state index contributed by atoms with van der Waals surface area (Å²) in [5.41, 5.74) is 2.27. The molecule has 0 amide bonds. The van der Waals surface area contributed by atoms with Crippen molar-refractivity contribution in [1.29, 1.82) is 0 Å². The molecule has 0 radical (unpaired) electrons. The third-order valence-electron chi connectivity index (χ3n) is 4.25. The van der Waals surface area contributed by atoms with Crippen LogP contribution in [0, 0.1) is 6.92 Å². The van der Waals surface area contributed by atoms with Crippen molar-refractivity contribution in [3.8, 4) is 0 Å². The van der Waals surface area contributed by atoms with Crippen LogP contribution in [0.5, 0.6) is 0 Å². The van der Waals surface area contributed by atoms with Crippen LogP contribution in [0.25, 0.3) is 0 Å². The van der Waals surface area contributed by atoms with E-state index in [9.17, 15) is 9.59 Å². The molecule has 0 aliphatic carbocycles. The number of aryl methyl sites for hydroxylation is 1. The summed E-state index contributed by atoms with van der Waals surface area (Å²) in [7, 11) is 0. The van der Waals surface area contributed by atoms with E-state index in [0.717, 1.165) is 24.2 Å². The molecule has 134 valence electrons. The number of benzene rings is 2. The first-order valence-corrected chi connectivity index (χ1v) is 9.68. The molecule has 0 saturated carbocycles. The Kier molecular flexibility index (Phi) is 6.12. The molecule has 0 atom stereocenters. The maximum Gasteiger partial charge on any atom is 0.329 e. The predicted octanol–water partition coefficient (Wildman–Crippen LogP) is 3.62. The Morgan fingerprint density at radius 3 is 2.19 bits per heavy atom. The number of H-pyrrole nitrogens is 1. The number of aromatic amines is 1. The van der Waals surface area contributed by atoms with E-state index in [1.54, 1.807) is 18.7 Å². The summed E-state index contributed by atoms with van der Waals surface area (Å²) >= 11 is 1.54. The molecular weight excluding hydrogens is 344 g/mol. The van der Waals surface area contributed by atoms with Crippen molar-refractivity contribution in [2.45, 2.75) is 31.3 Å². The van der Waals surface area contributed by atoms with E-state index in [2.05, 4.69) is 17.1 Å². The van der Waals surface area contributed by atoms with E-state index < -0.39 is 0 Å². The van der Waals surface area contributed by atoms with Crippen molar-refractivity contribution in [2.75, 3.05) is 5.75 Å². The number of hydrogen-bond acceptors (Lipinski definition) is 3. The van der Waals surface area contributed by atoms with Crippen LogP contribution in [-0.2, 0) is 13.0 Å². The lowest BCUT2D eigenvalue weighted by atomic mass is 10.1. The molecule has 1 heterocycles. The first-order valence-electron chi connectivity index (χ1n) is 8.69. The molecule has 0 saturated heterocycles. The topological polar surface area (TPSA) is 54.9 Å². The summed E-state index contributed by atoms with van der Waals surface area (Å²) < 4.78 is 1.26. The highest BCUT2D eigenvalue weighted by molar-refractivity contribution is 7.99. The lowest BCUT2D eigenvalue weighted by Crippen LogP contribution is -2.37. The maximum atomic E-state index is 12.6. The predicted molar refractivity (Wildman–Crippen MR) is 107 cm³/mol. The second kappa shape index (κ2) is 8.72. The van der Waals surface area contributed by atoms with E-state index in [0.29, 0.717) is 10.6 Å². The Morgan fingerprint density at radius 1 is 0.923 bits per heavy atom. The number of thioether (sulfide) groups is 1. The highest BCUT2D eigenvalue weighted by Gasteiger charge is 2.11. The van der Waals surface area contributed by atoms with E-state index in [4.69, 9.17) is 0 Å². The first kappa shape index (κ1) is 18.3. The highest BCUT2D eigenvalue weighted by atomic mass is 32.2. The molecule has 2 aromatic carbocycles. The largest absolute Gasteiger partial charge is 0.329 e. The van der Waals surface area contributed by atoms with Crippen LogP contribution in [0.15, 0.2) is 75.3 Å². The first-order chi connectivity index (χ1) is 12.6. The van der Waals surface area contributed by atoms with Crippen LogP contribution in [0.2, 0.25) is 0 Å². The molecule has 3 rings (SSSR count). The van der Waals surface area contributed by atoms with Crippen molar-refractivity contribution in [3.63, 3.8) is 0 Å². The summed E-state index contributed by atoms with van der Waals surface area (Å²) in [6.07, 6.45) is 1.98. The lowest BCUT2D eigenvalue weighted by Gasteiger charge is -2.10. The number of aromatic nitrogens is 2. The van der Waals surface area contributed by atoms with Gasteiger partial charge in [0.05, 0.1) is 11.6 Å². The fourth-order valence-electron chi connectivity index (χ4n) is 2.80. The van der Waals surface area contributed by atoms with Gasteiger partial charge in [-0.15, -0.1) is 11.8 Å². The monoisotopic (exact) mass is 366 g/mol. The summed E-state index contributed by atoms with van der Waals surface area (Å²) in [5, 5.41) is 0.678. The van der Waals surface area contributed by atoms with Gasteiger partial charge in [0.15, 0.2) is 0 Å². The molecule has 0 spiro atoms. The van der Waals surface area contributed by atoms with Crippen molar-refractivity contribution in [1.82, 2.24) is 9.55 Å². The molecule has 4 nitrogen and oxygen atoms in total. The standard InChI is InChI=1S/C21H22N2O2S/c1-16-19(26-14-8-13-17-9-4-2-5-10-17)22-21(25)23(20(16)24)15-18-11-6-3-7-12-18/h2-7,9-12H,8,13-15H2,1H3,(H,22,25). The van der Waals surface area contributed by atoms with Crippen molar-refractivity contribution < 1.29 is 0 Å². The smallest absolute Gasteiger partial charge is 0.301 e. The zero-order valence-corrected chi connectivity index (χ0v) is 15.6. The zero-order valence-electron chi connectivity index (χ0n) is 14.8. The molecule has 0 fully saturated rings. The molecule has 0 aliphatic heterocycles. The van der Waals surface area contributed by atoms with Crippen molar-refractivity contribution in [3.05, 3.63) is 98.2 Å². The number of nitrogens with one attached hydrogen (secondary N) is 1. The second-order valence-electron chi connectivity index (χ2n) is 6.20. The van der Waals surface area contributed by atoms with E-state index >= 15 is 0 Å². The van der Waals surface area contributed by atoms with Crippen LogP contribution in [-0.4, -0.2) is 15.3 Å². The van der Waals surface area contributed by atoms with Gasteiger partial charge in [-0.2, -0.15) is 0 Å². The summed E-state index contributed by atoms with van der Waals surface area (Å²) in [5.74, 6) is 0.855. The molecule has 1 aromatic heterocycles. The van der Waals surface area contributed by atoms with Crippen LogP contribution < -0.4 is 11.2 Å². The molecule has 5 heteroatoms. The minimum absolute atomic E-state index is 0.219.